The third-order valence-electron chi connectivity index (χ3n) is 25.3. The number of thiophene rings is 3. The van der Waals surface area contributed by atoms with Crippen molar-refractivity contribution >= 4 is 138 Å². The number of hydrogen-bond acceptors (Lipinski definition) is 14. The Balaban J connectivity index is 0.000000109. The lowest BCUT2D eigenvalue weighted by Gasteiger charge is -2.14. The SMILES string of the molecule is c1ccc(-c2ccc(-c3nc(-c4cc(-c5ccccc5)ccc4-c4ccccc4)nc(-c4cccc5c4sc4ccccc45)n3)cc2)cc1.c1ccc(-c2ccc(-c3nc(-c4cccc5c4oc4ccccc45)nc(-c4cccc5c4oc4ccccc45)n3)cc2)cc1.c1ccc(-c2ccc(-c3nc(-c4cccc5c4sc4ccccc45)nc(-c4cccc5c4sc4ccccc45)n3)cc2)cc1. The van der Waals surface area contributed by atoms with Gasteiger partial charge in [-0.05, 0) is 122 Å². The molecule has 14 heteroatoms. The molecule has 0 N–H and O–H groups in total. The number of aromatic nitrogens is 9. The van der Waals surface area contributed by atoms with Crippen molar-refractivity contribution in [2.75, 3.05) is 0 Å². The van der Waals surface area contributed by atoms with Crippen molar-refractivity contribution in [2.45, 2.75) is 0 Å². The fourth-order valence-electron chi connectivity index (χ4n) is 18.6. The lowest BCUT2D eigenvalue weighted by molar-refractivity contribution is 0.669. The molecule has 0 spiro atoms. The normalized spacial score (nSPS) is 11.5. The van der Waals surface area contributed by atoms with Gasteiger partial charge in [-0.3, -0.25) is 0 Å². The van der Waals surface area contributed by atoms with E-state index in [0.717, 1.165) is 138 Å². The Hall–Kier alpha value is -17.5. The summed E-state index contributed by atoms with van der Waals surface area (Å²) in [4.78, 5) is 46.3. The highest BCUT2D eigenvalue weighted by molar-refractivity contribution is 7.27. The van der Waals surface area contributed by atoms with Gasteiger partial charge in [-0.25, -0.2) is 44.9 Å². The topological polar surface area (TPSA) is 142 Å². The molecule has 8 aromatic heterocycles. The van der Waals surface area contributed by atoms with Gasteiger partial charge in [0.2, 0.25) is 0 Å². The number of benzene rings is 19. The second-order valence-electron chi connectivity index (χ2n) is 33.6. The van der Waals surface area contributed by atoms with Crippen LogP contribution in [0.4, 0.5) is 0 Å². The molecule has 11 nitrogen and oxygen atoms in total. The summed E-state index contributed by atoms with van der Waals surface area (Å²) in [7, 11) is 0. The Labute approximate surface area is 799 Å². The molecule has 0 fully saturated rings. The average Bonchev–Trinajstić information content (AvgIpc) is 1.56. The molecule has 27 aromatic rings. The molecular formula is C123H75N9O2S3. The summed E-state index contributed by atoms with van der Waals surface area (Å²) < 4.78 is 20.1. The molecule has 0 aliphatic rings. The third kappa shape index (κ3) is 15.5. The largest absolute Gasteiger partial charge is 0.455 e. The maximum atomic E-state index is 6.39. The van der Waals surface area contributed by atoms with Gasteiger partial charge in [0.1, 0.15) is 22.3 Å². The van der Waals surface area contributed by atoms with Crippen LogP contribution in [-0.4, -0.2) is 44.9 Å². The minimum atomic E-state index is 0.537. The van der Waals surface area contributed by atoms with Crippen LogP contribution >= 0.6 is 34.0 Å². The Morgan fingerprint density at radius 1 is 0.139 bits per heavy atom. The fourth-order valence-corrected chi connectivity index (χ4v) is 22.2. The fraction of sp³-hybridized carbons (Fsp3) is 0. The molecule has 19 aromatic carbocycles. The summed E-state index contributed by atoms with van der Waals surface area (Å²) in [6, 6.07) is 158. The van der Waals surface area contributed by atoms with E-state index in [1.807, 2.05) is 103 Å². The van der Waals surface area contributed by atoms with Crippen LogP contribution in [0.2, 0.25) is 0 Å². The molecule has 0 unspecified atom stereocenters. The molecule has 0 radical (unpaired) electrons. The maximum absolute atomic E-state index is 6.39. The summed E-state index contributed by atoms with van der Waals surface area (Å²) in [5, 5.41) is 11.6. The number of nitrogens with zero attached hydrogens (tertiary/aromatic N) is 9. The molecule has 0 saturated heterocycles. The van der Waals surface area contributed by atoms with E-state index in [9.17, 15) is 0 Å². The molecule has 0 aliphatic carbocycles. The predicted octanol–water partition coefficient (Wildman–Crippen LogP) is 33.9. The van der Waals surface area contributed by atoms with Crippen molar-refractivity contribution in [1.82, 2.24) is 44.9 Å². The van der Waals surface area contributed by atoms with Gasteiger partial charge in [-0.1, -0.05) is 388 Å². The van der Waals surface area contributed by atoms with Crippen molar-refractivity contribution < 1.29 is 8.83 Å². The Bertz CT molecular complexity index is 8650. The lowest BCUT2D eigenvalue weighted by Crippen LogP contribution is -2.01. The van der Waals surface area contributed by atoms with Crippen LogP contribution in [0.15, 0.2) is 464 Å². The molecule has 0 bridgehead atoms. The highest BCUT2D eigenvalue weighted by Gasteiger charge is 2.26. The van der Waals surface area contributed by atoms with E-state index in [1.165, 1.54) is 71.6 Å². The van der Waals surface area contributed by atoms with Gasteiger partial charge in [0.15, 0.2) is 52.4 Å². The van der Waals surface area contributed by atoms with Crippen LogP contribution in [0, 0.1) is 0 Å². The lowest BCUT2D eigenvalue weighted by atomic mass is 9.94. The van der Waals surface area contributed by atoms with Gasteiger partial charge in [0.25, 0.3) is 0 Å². The highest BCUT2D eigenvalue weighted by Crippen LogP contribution is 2.47. The molecule has 642 valence electrons. The summed E-state index contributed by atoms with van der Waals surface area (Å²) >= 11 is 5.37. The number of furan rings is 2. The van der Waals surface area contributed by atoms with Crippen LogP contribution in [-0.2, 0) is 0 Å². The van der Waals surface area contributed by atoms with E-state index in [2.05, 4.69) is 352 Å². The van der Waals surface area contributed by atoms with Crippen molar-refractivity contribution in [3.05, 3.63) is 455 Å². The summed E-state index contributed by atoms with van der Waals surface area (Å²) in [5.74, 6) is 5.63. The van der Waals surface area contributed by atoms with Crippen LogP contribution < -0.4 is 0 Å². The smallest absolute Gasteiger partial charge is 0.167 e. The minimum Gasteiger partial charge on any atom is -0.455 e. The number of para-hydroxylation sites is 4. The van der Waals surface area contributed by atoms with E-state index >= 15 is 0 Å². The third-order valence-corrected chi connectivity index (χ3v) is 29.0. The summed E-state index contributed by atoms with van der Waals surface area (Å²) in [6.07, 6.45) is 0. The van der Waals surface area contributed by atoms with E-state index in [0.29, 0.717) is 52.4 Å². The van der Waals surface area contributed by atoms with Crippen molar-refractivity contribution in [2.24, 2.45) is 0 Å². The Morgan fingerprint density at radius 2 is 0.372 bits per heavy atom. The van der Waals surface area contributed by atoms with Gasteiger partial charge in [-0.2, -0.15) is 0 Å². The van der Waals surface area contributed by atoms with Crippen molar-refractivity contribution in [3.63, 3.8) is 0 Å². The van der Waals surface area contributed by atoms with E-state index in [1.54, 1.807) is 34.0 Å². The second kappa shape index (κ2) is 35.2. The Kier molecular flexibility index (Phi) is 20.9. The van der Waals surface area contributed by atoms with Gasteiger partial charge in [-0.15, -0.1) is 34.0 Å². The zero-order valence-corrected chi connectivity index (χ0v) is 75.8. The van der Waals surface area contributed by atoms with Gasteiger partial charge < -0.3 is 8.83 Å². The van der Waals surface area contributed by atoms with Crippen LogP contribution in [0.1, 0.15) is 0 Å². The molecule has 0 amide bonds. The standard InChI is InChI=1S/C45H29N3S.C39H23N3O2.C39H23N3S2/c1-4-13-30(14-5-1)32-23-25-34(26-24-32)43-46-44(39-21-12-20-38-37-19-10-11-22-41(37)49-42(38)39)48-45(47-43)40-29-35(31-15-6-2-7-16-31)27-28-36(40)33-17-8-3-9-18-33;2*1-2-10-24(11-3-1)25-20-22-26(23-21-25)37-40-38(31-16-8-14-29-27-12-4-6-18-33(27)43-35(29)31)42-39(41-37)32-17-9-15-30-28-13-5-7-19-34(28)44-36(30)32/h1-29H;2*1-23H. The minimum absolute atomic E-state index is 0.537. The number of fused-ring (bicyclic) bond motifs is 15. The number of rotatable bonds is 14. The van der Waals surface area contributed by atoms with E-state index in [-0.39, 0.29) is 0 Å². The first-order chi connectivity index (χ1) is 67.9. The quantitative estimate of drug-likeness (QED) is 0.103. The molecule has 8 heterocycles. The average molecular weight is 1810 g/mol. The van der Waals surface area contributed by atoms with E-state index in [4.69, 9.17) is 53.7 Å². The zero-order valence-electron chi connectivity index (χ0n) is 73.4. The van der Waals surface area contributed by atoms with Gasteiger partial charge in [0.05, 0.1) is 11.1 Å². The van der Waals surface area contributed by atoms with Crippen LogP contribution in [0.25, 0.3) is 263 Å². The van der Waals surface area contributed by atoms with Gasteiger partial charge in [0, 0.05) is 121 Å². The molecular weight excluding hydrogens is 1730 g/mol. The first-order valence-corrected chi connectivity index (χ1v) is 47.9. The molecule has 0 saturated carbocycles. The summed E-state index contributed by atoms with van der Waals surface area (Å²) in [6.45, 7) is 0. The van der Waals surface area contributed by atoms with Crippen LogP contribution in [0.5, 0.6) is 0 Å². The first kappa shape index (κ1) is 81.5. The molecule has 0 atom stereocenters. The van der Waals surface area contributed by atoms with Crippen molar-refractivity contribution in [1.29, 1.82) is 0 Å². The monoisotopic (exact) mass is 1810 g/mol. The molecule has 0 aliphatic heterocycles. The van der Waals surface area contributed by atoms with Gasteiger partial charge >= 0.3 is 0 Å². The highest BCUT2D eigenvalue weighted by atomic mass is 32.1. The van der Waals surface area contributed by atoms with Crippen LogP contribution in [0.3, 0.4) is 0 Å². The summed E-state index contributed by atoms with van der Waals surface area (Å²) in [5.41, 5.74) is 23.0. The zero-order chi connectivity index (χ0) is 90.6. The maximum Gasteiger partial charge on any atom is 0.167 e. The van der Waals surface area contributed by atoms with E-state index < -0.39 is 0 Å². The molecule has 137 heavy (non-hydrogen) atoms. The van der Waals surface area contributed by atoms with Crippen molar-refractivity contribution in [3.8, 4) is 158 Å². The Morgan fingerprint density at radius 3 is 0.715 bits per heavy atom. The predicted molar refractivity (Wildman–Crippen MR) is 569 cm³/mol. The molecule has 27 rings (SSSR count). The number of hydrogen-bond donors (Lipinski definition) is 0. The second-order valence-corrected chi connectivity index (χ2v) is 36.8. The first-order valence-electron chi connectivity index (χ1n) is 45.4.